The Morgan fingerprint density at radius 1 is 1.17 bits per heavy atom. The van der Waals surface area contributed by atoms with Crippen LogP contribution in [0.5, 0.6) is 0 Å². The van der Waals surface area contributed by atoms with Crippen LogP contribution in [0.15, 0.2) is 42.5 Å². The molecule has 3 rings (SSSR count). The van der Waals surface area contributed by atoms with E-state index in [0.29, 0.717) is 13.1 Å². The first-order valence-electron chi connectivity index (χ1n) is 8.13. The number of rotatable bonds is 5. The molecule has 4 heteroatoms. The van der Waals surface area contributed by atoms with Crippen LogP contribution in [0.2, 0.25) is 0 Å². The molecule has 1 atom stereocenters. The molecule has 3 aromatic rings. The Bertz CT molecular complexity index is 850. The minimum atomic E-state index is -0.152. The molecule has 0 aliphatic heterocycles. The summed E-state index contributed by atoms with van der Waals surface area (Å²) in [6.07, 6.45) is 0. The van der Waals surface area contributed by atoms with Crippen molar-refractivity contribution >= 4 is 27.7 Å². The van der Waals surface area contributed by atoms with Gasteiger partial charge >= 0.3 is 0 Å². The van der Waals surface area contributed by atoms with Crippen LogP contribution in [0, 0.1) is 5.92 Å². The highest BCUT2D eigenvalue weighted by molar-refractivity contribution is 6.08. The van der Waals surface area contributed by atoms with Gasteiger partial charge in [-0.2, -0.15) is 0 Å². The summed E-state index contributed by atoms with van der Waals surface area (Å²) in [5, 5.41) is 5.45. The van der Waals surface area contributed by atoms with Crippen molar-refractivity contribution in [2.24, 2.45) is 11.7 Å². The highest BCUT2D eigenvalue weighted by Crippen LogP contribution is 2.29. The normalized spacial score (nSPS) is 12.7. The third-order valence-corrected chi connectivity index (χ3v) is 4.42. The van der Waals surface area contributed by atoms with E-state index < -0.39 is 0 Å². The van der Waals surface area contributed by atoms with Crippen molar-refractivity contribution < 1.29 is 4.79 Å². The predicted molar refractivity (Wildman–Crippen MR) is 95.2 cm³/mol. The van der Waals surface area contributed by atoms with E-state index in [1.165, 1.54) is 21.8 Å². The number of benzene rings is 2. The van der Waals surface area contributed by atoms with Gasteiger partial charge in [0.05, 0.1) is 0 Å². The van der Waals surface area contributed by atoms with Crippen LogP contribution in [0.25, 0.3) is 21.8 Å². The van der Waals surface area contributed by atoms with E-state index in [9.17, 15) is 4.79 Å². The second kappa shape index (κ2) is 6.42. The number of hydrogen-bond acceptors (Lipinski definition) is 2. The smallest absolute Gasteiger partial charge is 0.224 e. The summed E-state index contributed by atoms with van der Waals surface area (Å²) < 4.78 is 2.32. The number of carbonyl (C=O) groups excluding carboxylic acids is 1. The van der Waals surface area contributed by atoms with Gasteiger partial charge in [0.1, 0.15) is 0 Å². The Morgan fingerprint density at radius 2 is 1.91 bits per heavy atom. The first-order valence-corrected chi connectivity index (χ1v) is 8.13. The van der Waals surface area contributed by atoms with Crippen LogP contribution >= 0.6 is 0 Å². The van der Waals surface area contributed by atoms with Gasteiger partial charge in [0, 0.05) is 47.4 Å². The fraction of sp³-hybridized carbons (Fsp3) is 0.316. The van der Waals surface area contributed by atoms with Gasteiger partial charge in [-0.05, 0) is 30.7 Å². The Kier molecular flexibility index (Phi) is 4.35. The number of nitrogens with zero attached hydrogens (tertiary/aromatic N) is 1. The topological polar surface area (TPSA) is 60.0 Å². The molecule has 1 heterocycles. The molecule has 1 amide bonds. The second-order valence-electron chi connectivity index (χ2n) is 5.97. The summed E-state index contributed by atoms with van der Waals surface area (Å²) >= 11 is 0. The summed E-state index contributed by atoms with van der Waals surface area (Å²) in [5.41, 5.74) is 9.13. The molecule has 0 aliphatic rings. The number of fused-ring (bicyclic) bond motifs is 3. The first kappa shape index (κ1) is 15.6. The summed E-state index contributed by atoms with van der Waals surface area (Å²) in [7, 11) is 0. The average Bonchev–Trinajstić information content (AvgIpc) is 2.92. The molecule has 0 saturated heterocycles. The van der Waals surface area contributed by atoms with Crippen molar-refractivity contribution in [3.63, 3.8) is 0 Å². The molecule has 0 aliphatic carbocycles. The maximum absolute atomic E-state index is 11.9. The van der Waals surface area contributed by atoms with Crippen LogP contribution in [0.3, 0.4) is 0 Å². The van der Waals surface area contributed by atoms with E-state index in [4.69, 9.17) is 5.73 Å². The van der Waals surface area contributed by atoms with Crippen molar-refractivity contribution in [3.8, 4) is 0 Å². The number of para-hydroxylation sites is 1. The molecule has 0 saturated carbocycles. The lowest BCUT2D eigenvalue weighted by molar-refractivity contribution is -0.124. The van der Waals surface area contributed by atoms with Gasteiger partial charge in [0.25, 0.3) is 0 Å². The minimum Gasteiger partial charge on any atom is -0.352 e. The Hall–Kier alpha value is -2.33. The molecule has 120 valence electrons. The third kappa shape index (κ3) is 2.82. The van der Waals surface area contributed by atoms with Crippen molar-refractivity contribution in [1.29, 1.82) is 0 Å². The zero-order chi connectivity index (χ0) is 16.4. The van der Waals surface area contributed by atoms with Crippen molar-refractivity contribution in [1.82, 2.24) is 9.88 Å². The molecule has 0 radical (unpaired) electrons. The maximum atomic E-state index is 11.9. The zero-order valence-electron chi connectivity index (χ0n) is 13.7. The highest BCUT2D eigenvalue weighted by atomic mass is 16.1. The zero-order valence-corrected chi connectivity index (χ0v) is 13.7. The van der Waals surface area contributed by atoms with Gasteiger partial charge < -0.3 is 15.6 Å². The molecule has 1 aromatic heterocycles. The van der Waals surface area contributed by atoms with Crippen molar-refractivity contribution in [2.75, 3.05) is 6.54 Å². The molecular formula is C19H23N3O. The van der Waals surface area contributed by atoms with Crippen LogP contribution < -0.4 is 11.1 Å². The summed E-state index contributed by atoms with van der Waals surface area (Å²) in [4.78, 5) is 11.9. The molecular weight excluding hydrogens is 286 g/mol. The van der Waals surface area contributed by atoms with E-state index in [1.807, 2.05) is 6.92 Å². The van der Waals surface area contributed by atoms with Gasteiger partial charge in [-0.15, -0.1) is 0 Å². The van der Waals surface area contributed by atoms with Gasteiger partial charge in [0.2, 0.25) is 5.91 Å². The lowest BCUT2D eigenvalue weighted by Gasteiger charge is -2.10. The van der Waals surface area contributed by atoms with Crippen molar-refractivity contribution in [3.05, 3.63) is 48.0 Å². The van der Waals surface area contributed by atoms with Crippen LogP contribution in [-0.2, 0) is 17.9 Å². The molecule has 23 heavy (non-hydrogen) atoms. The summed E-state index contributed by atoms with van der Waals surface area (Å²) in [6.45, 7) is 5.84. The first-order chi connectivity index (χ1) is 11.2. The van der Waals surface area contributed by atoms with E-state index >= 15 is 0 Å². The fourth-order valence-corrected chi connectivity index (χ4v) is 3.02. The predicted octanol–water partition coefficient (Wildman–Crippen LogP) is 3.03. The van der Waals surface area contributed by atoms with Crippen LogP contribution in [0.1, 0.15) is 19.4 Å². The van der Waals surface area contributed by atoms with E-state index in [2.05, 4.69) is 59.3 Å². The standard InChI is InChI=1S/C19H23N3O/c1-3-22-17-7-5-4-6-15(17)16-10-14(8-9-18(16)22)12-21-19(23)13(2)11-20/h4-10,13H,3,11-12,20H2,1-2H3,(H,21,23)/t13-/m1/s1. The SMILES string of the molecule is CCn1c2ccccc2c2cc(CNC(=O)[C@H](C)CN)ccc21. The van der Waals surface area contributed by atoms with E-state index in [0.717, 1.165) is 12.1 Å². The molecule has 0 spiro atoms. The third-order valence-electron chi connectivity index (χ3n) is 4.42. The fourth-order valence-electron chi connectivity index (χ4n) is 3.02. The monoisotopic (exact) mass is 309 g/mol. The van der Waals surface area contributed by atoms with Gasteiger partial charge in [0.15, 0.2) is 0 Å². The molecule has 0 bridgehead atoms. The number of aryl methyl sites for hydroxylation is 1. The average molecular weight is 309 g/mol. The van der Waals surface area contributed by atoms with E-state index in [-0.39, 0.29) is 11.8 Å². The molecule has 3 N–H and O–H groups in total. The van der Waals surface area contributed by atoms with Gasteiger partial charge in [-0.1, -0.05) is 31.2 Å². The largest absolute Gasteiger partial charge is 0.352 e. The number of nitrogens with two attached hydrogens (primary N) is 1. The number of amides is 1. The van der Waals surface area contributed by atoms with Crippen LogP contribution in [0.4, 0.5) is 0 Å². The lowest BCUT2D eigenvalue weighted by atomic mass is 10.1. The Labute approximate surface area is 136 Å². The maximum Gasteiger partial charge on any atom is 0.224 e. The number of nitrogens with one attached hydrogen (secondary N) is 1. The Balaban J connectivity index is 1.96. The lowest BCUT2D eigenvalue weighted by Crippen LogP contribution is -2.32. The van der Waals surface area contributed by atoms with Crippen molar-refractivity contribution in [2.45, 2.75) is 26.9 Å². The summed E-state index contributed by atoms with van der Waals surface area (Å²) in [6, 6.07) is 14.9. The van der Waals surface area contributed by atoms with E-state index in [1.54, 1.807) is 0 Å². The Morgan fingerprint density at radius 3 is 2.65 bits per heavy atom. The molecule has 0 fully saturated rings. The minimum absolute atomic E-state index is 0.00332. The molecule has 2 aromatic carbocycles. The van der Waals surface area contributed by atoms with Gasteiger partial charge in [-0.3, -0.25) is 4.79 Å². The quantitative estimate of drug-likeness (QED) is 0.761. The highest BCUT2D eigenvalue weighted by Gasteiger charge is 2.12. The van der Waals surface area contributed by atoms with Gasteiger partial charge in [-0.25, -0.2) is 0 Å². The molecule has 4 nitrogen and oxygen atoms in total. The number of carbonyl (C=O) groups is 1. The molecule has 0 unspecified atom stereocenters. The van der Waals surface area contributed by atoms with Crippen LogP contribution in [-0.4, -0.2) is 17.0 Å². The number of aromatic nitrogens is 1. The number of hydrogen-bond donors (Lipinski definition) is 2. The summed E-state index contributed by atoms with van der Waals surface area (Å²) in [5.74, 6) is -0.149. The second-order valence-corrected chi connectivity index (χ2v) is 5.97.